The number of nitrogens with one attached hydrogen (secondary N) is 1. The topological polar surface area (TPSA) is 68.8 Å². The molecule has 0 bridgehead atoms. The largest absolute Gasteiger partial charge is 0.339 e. The molecule has 0 radical (unpaired) electrons. The van der Waals surface area contributed by atoms with Crippen molar-refractivity contribution in [3.8, 4) is 0 Å². The molecular formula is C14H21N5O. The van der Waals surface area contributed by atoms with E-state index in [0.29, 0.717) is 12.5 Å². The number of aryl methyl sites for hydroxylation is 1. The highest BCUT2D eigenvalue weighted by Crippen LogP contribution is 2.38. The van der Waals surface area contributed by atoms with Crippen molar-refractivity contribution >= 4 is 0 Å². The fraction of sp³-hybridized carbons (Fsp3) is 0.643. The van der Waals surface area contributed by atoms with Crippen LogP contribution in [-0.2, 0) is 6.54 Å². The van der Waals surface area contributed by atoms with Crippen LogP contribution in [0.4, 0.5) is 0 Å². The maximum atomic E-state index is 5.25. The van der Waals surface area contributed by atoms with E-state index in [0.717, 1.165) is 11.7 Å². The number of hydrogen-bond donors (Lipinski definition) is 1. The van der Waals surface area contributed by atoms with Gasteiger partial charge < -0.3 is 9.84 Å². The van der Waals surface area contributed by atoms with Crippen LogP contribution in [0.3, 0.4) is 0 Å². The van der Waals surface area contributed by atoms with E-state index < -0.39 is 0 Å². The molecule has 2 heterocycles. The molecule has 2 atom stereocenters. The normalized spacial score (nSPS) is 18.1. The molecule has 6 nitrogen and oxygen atoms in total. The van der Waals surface area contributed by atoms with Crippen molar-refractivity contribution in [3.05, 3.63) is 29.7 Å². The molecule has 1 saturated carbocycles. The zero-order valence-corrected chi connectivity index (χ0v) is 12.2. The molecule has 6 heteroatoms. The summed E-state index contributed by atoms with van der Waals surface area (Å²) in [5, 5.41) is 11.8. The minimum absolute atomic E-state index is 0.275. The maximum Gasteiger partial charge on any atom is 0.229 e. The maximum absolute atomic E-state index is 5.25. The van der Waals surface area contributed by atoms with Gasteiger partial charge in [-0.15, -0.1) is 0 Å². The van der Waals surface area contributed by atoms with Gasteiger partial charge in [-0.25, -0.2) is 0 Å². The van der Waals surface area contributed by atoms with Gasteiger partial charge in [-0.2, -0.15) is 10.1 Å². The number of aromatic nitrogens is 4. The Balaban J connectivity index is 1.53. The molecule has 0 amide bonds. The minimum atomic E-state index is 0.275. The lowest BCUT2D eigenvalue weighted by Crippen LogP contribution is -2.33. The van der Waals surface area contributed by atoms with Gasteiger partial charge in [0.05, 0.1) is 18.8 Å². The quantitative estimate of drug-likeness (QED) is 0.875. The fourth-order valence-corrected chi connectivity index (χ4v) is 2.14. The Hall–Kier alpha value is -1.69. The standard InChI is InChI=1S/C14H21N5O/c1-9-6-16-19(8-9)11(3)10(2)15-7-13-17-14(20-18-13)12-4-5-12/h6,8,10-12,15H,4-5,7H2,1-3H3/t10-,11-/m1/s1. The van der Waals surface area contributed by atoms with E-state index in [1.165, 1.54) is 18.4 Å². The van der Waals surface area contributed by atoms with Crippen LogP contribution in [0.1, 0.15) is 55.9 Å². The first-order valence-corrected chi connectivity index (χ1v) is 7.20. The third-order valence-corrected chi connectivity index (χ3v) is 3.86. The molecule has 108 valence electrons. The second-order valence-electron chi connectivity index (χ2n) is 5.73. The summed E-state index contributed by atoms with van der Waals surface area (Å²) in [6.07, 6.45) is 6.30. The average molecular weight is 275 g/mol. The second kappa shape index (κ2) is 5.36. The summed E-state index contributed by atoms with van der Waals surface area (Å²) in [6, 6.07) is 0.552. The van der Waals surface area contributed by atoms with Gasteiger partial charge in [-0.1, -0.05) is 5.16 Å². The molecular weight excluding hydrogens is 254 g/mol. The van der Waals surface area contributed by atoms with Crippen LogP contribution in [0.15, 0.2) is 16.9 Å². The SMILES string of the molecule is Cc1cnn([C@H](C)[C@@H](C)NCc2noc(C3CC3)n2)c1. The van der Waals surface area contributed by atoms with Gasteiger partial charge in [0.1, 0.15) is 0 Å². The van der Waals surface area contributed by atoms with E-state index in [9.17, 15) is 0 Å². The van der Waals surface area contributed by atoms with Crippen LogP contribution in [-0.4, -0.2) is 26.0 Å². The lowest BCUT2D eigenvalue weighted by atomic mass is 10.2. The summed E-state index contributed by atoms with van der Waals surface area (Å²) in [4.78, 5) is 4.42. The predicted octanol–water partition coefficient (Wildman–Crippen LogP) is 2.19. The predicted molar refractivity (Wildman–Crippen MR) is 74.2 cm³/mol. The van der Waals surface area contributed by atoms with Crippen molar-refractivity contribution in [1.82, 2.24) is 25.2 Å². The van der Waals surface area contributed by atoms with E-state index in [1.54, 1.807) is 0 Å². The first kappa shape index (κ1) is 13.3. The Kier molecular flexibility index (Phi) is 3.56. The lowest BCUT2D eigenvalue weighted by molar-refractivity contribution is 0.350. The molecule has 1 fully saturated rings. The Bertz CT molecular complexity index is 572. The van der Waals surface area contributed by atoms with Gasteiger partial charge in [-0.05, 0) is 39.2 Å². The van der Waals surface area contributed by atoms with Crippen LogP contribution in [0.25, 0.3) is 0 Å². The molecule has 1 N–H and O–H groups in total. The summed E-state index contributed by atoms with van der Waals surface area (Å²) in [6.45, 7) is 6.97. The minimum Gasteiger partial charge on any atom is -0.339 e. The smallest absolute Gasteiger partial charge is 0.229 e. The van der Waals surface area contributed by atoms with Crippen LogP contribution in [0, 0.1) is 6.92 Å². The van der Waals surface area contributed by atoms with Gasteiger partial charge in [0.25, 0.3) is 0 Å². The van der Waals surface area contributed by atoms with E-state index >= 15 is 0 Å². The highest BCUT2D eigenvalue weighted by molar-refractivity contribution is 5.02. The van der Waals surface area contributed by atoms with Crippen LogP contribution < -0.4 is 5.32 Å². The third-order valence-electron chi connectivity index (χ3n) is 3.86. The summed E-state index contributed by atoms with van der Waals surface area (Å²) in [7, 11) is 0. The highest BCUT2D eigenvalue weighted by atomic mass is 16.5. The zero-order chi connectivity index (χ0) is 14.1. The van der Waals surface area contributed by atoms with Crippen LogP contribution >= 0.6 is 0 Å². The first-order valence-electron chi connectivity index (χ1n) is 7.20. The van der Waals surface area contributed by atoms with Gasteiger partial charge >= 0.3 is 0 Å². The molecule has 0 spiro atoms. The molecule has 2 aromatic rings. The molecule has 1 aliphatic rings. The van der Waals surface area contributed by atoms with Crippen molar-refractivity contribution in [1.29, 1.82) is 0 Å². The molecule has 1 aliphatic carbocycles. The summed E-state index contributed by atoms with van der Waals surface area (Å²) >= 11 is 0. The molecule has 0 unspecified atom stereocenters. The van der Waals surface area contributed by atoms with Crippen molar-refractivity contribution in [2.24, 2.45) is 0 Å². The van der Waals surface area contributed by atoms with E-state index in [4.69, 9.17) is 4.52 Å². The second-order valence-corrected chi connectivity index (χ2v) is 5.73. The Labute approximate surface area is 118 Å². The van der Waals surface area contributed by atoms with E-state index in [2.05, 4.69) is 40.6 Å². The summed E-state index contributed by atoms with van der Waals surface area (Å²) in [5.41, 5.74) is 1.18. The van der Waals surface area contributed by atoms with Crippen LogP contribution in [0.2, 0.25) is 0 Å². The molecule has 0 aromatic carbocycles. The Morgan fingerprint density at radius 1 is 1.45 bits per heavy atom. The van der Waals surface area contributed by atoms with E-state index in [-0.39, 0.29) is 12.1 Å². The molecule has 3 rings (SSSR count). The van der Waals surface area contributed by atoms with Gasteiger partial charge in [0.2, 0.25) is 5.89 Å². The fourth-order valence-electron chi connectivity index (χ4n) is 2.14. The van der Waals surface area contributed by atoms with Gasteiger partial charge in [0.15, 0.2) is 5.82 Å². The zero-order valence-electron chi connectivity index (χ0n) is 12.2. The summed E-state index contributed by atoms with van der Waals surface area (Å²) < 4.78 is 7.24. The lowest BCUT2D eigenvalue weighted by Gasteiger charge is -2.21. The van der Waals surface area contributed by atoms with Gasteiger partial charge in [0, 0.05) is 18.2 Å². The number of nitrogens with zero attached hydrogens (tertiary/aromatic N) is 4. The molecule has 0 saturated heterocycles. The summed E-state index contributed by atoms with van der Waals surface area (Å²) in [5.74, 6) is 2.05. The van der Waals surface area contributed by atoms with Crippen molar-refractivity contribution in [2.45, 2.75) is 58.2 Å². The Morgan fingerprint density at radius 2 is 2.25 bits per heavy atom. The van der Waals surface area contributed by atoms with Crippen molar-refractivity contribution in [2.75, 3.05) is 0 Å². The van der Waals surface area contributed by atoms with Crippen LogP contribution in [0.5, 0.6) is 0 Å². The number of rotatable bonds is 6. The highest BCUT2D eigenvalue weighted by Gasteiger charge is 2.29. The number of hydrogen-bond acceptors (Lipinski definition) is 5. The van der Waals surface area contributed by atoms with Gasteiger partial charge in [-0.3, -0.25) is 4.68 Å². The average Bonchev–Trinajstić information content (AvgIpc) is 3.03. The molecule has 2 aromatic heterocycles. The van der Waals surface area contributed by atoms with Crippen molar-refractivity contribution < 1.29 is 4.52 Å². The third kappa shape index (κ3) is 2.90. The Morgan fingerprint density at radius 3 is 2.90 bits per heavy atom. The first-order chi connectivity index (χ1) is 9.63. The monoisotopic (exact) mass is 275 g/mol. The van der Waals surface area contributed by atoms with E-state index in [1.807, 2.05) is 17.8 Å². The molecule has 0 aliphatic heterocycles. The molecule has 20 heavy (non-hydrogen) atoms. The van der Waals surface area contributed by atoms with Crippen molar-refractivity contribution in [3.63, 3.8) is 0 Å².